The number of hydrogen-bond acceptors (Lipinski definition) is 8. The Kier molecular flexibility index (Phi) is 10.5. The molecule has 12 heteroatoms. The molecule has 0 bridgehead atoms. The number of anilines is 1. The minimum Gasteiger partial charge on any atom is -0.465 e. The van der Waals surface area contributed by atoms with Crippen LogP contribution in [0.3, 0.4) is 0 Å². The zero-order valence-electron chi connectivity index (χ0n) is 24.3. The Morgan fingerprint density at radius 1 is 1.02 bits per heavy atom. The van der Waals surface area contributed by atoms with Crippen molar-refractivity contribution in [3.05, 3.63) is 81.4 Å². The van der Waals surface area contributed by atoms with E-state index in [2.05, 4.69) is 15.2 Å². The molecular formula is C31H34F2N4O6. The van der Waals surface area contributed by atoms with Crippen LogP contribution < -0.4 is 11.0 Å². The summed E-state index contributed by atoms with van der Waals surface area (Å²) in [5, 5.41) is 2.77. The predicted octanol–water partition coefficient (Wildman–Crippen LogP) is 4.38. The number of benzene rings is 2. The van der Waals surface area contributed by atoms with E-state index in [1.54, 1.807) is 0 Å². The van der Waals surface area contributed by atoms with Crippen LogP contribution in [0.5, 0.6) is 0 Å². The number of nitrogens with zero attached hydrogens (tertiary/aromatic N) is 3. The molecule has 0 atom stereocenters. The maximum Gasteiger partial charge on any atom is 0.355 e. The number of nitrogens with one attached hydrogen (secondary N) is 1. The zero-order valence-corrected chi connectivity index (χ0v) is 24.3. The maximum atomic E-state index is 14.2. The van der Waals surface area contributed by atoms with Gasteiger partial charge in [0.2, 0.25) is 11.8 Å². The molecule has 43 heavy (non-hydrogen) atoms. The lowest BCUT2D eigenvalue weighted by Gasteiger charge is -2.32. The van der Waals surface area contributed by atoms with Gasteiger partial charge < -0.3 is 19.7 Å². The third-order valence-corrected chi connectivity index (χ3v) is 7.44. The van der Waals surface area contributed by atoms with E-state index in [0.717, 1.165) is 55.4 Å². The smallest absolute Gasteiger partial charge is 0.355 e. The summed E-state index contributed by atoms with van der Waals surface area (Å²) < 4.78 is 38.7. The van der Waals surface area contributed by atoms with E-state index in [0.29, 0.717) is 18.9 Å². The average molecular weight is 597 g/mol. The number of carbonyl (C=O) groups is 3. The fourth-order valence-corrected chi connectivity index (χ4v) is 5.37. The predicted molar refractivity (Wildman–Crippen MR) is 155 cm³/mol. The summed E-state index contributed by atoms with van der Waals surface area (Å²) in [7, 11) is 2.46. The summed E-state index contributed by atoms with van der Waals surface area (Å²) in [6, 6.07) is 10.7. The van der Waals surface area contributed by atoms with Gasteiger partial charge in [0.1, 0.15) is 5.56 Å². The molecule has 4 rings (SSSR count). The third kappa shape index (κ3) is 7.57. The molecule has 0 spiro atoms. The Balaban J connectivity index is 1.48. The SMILES string of the molecule is COCc1nc(=O)n(C(=O)CCCN2CCC(c3ccc(NC(C)=O)cc3)CC2)c(-c2ccc(F)c(F)c2)c1C(=O)OC. The third-order valence-electron chi connectivity index (χ3n) is 7.44. The molecule has 0 saturated carbocycles. The Hall–Kier alpha value is -4.29. The molecule has 1 aliphatic heterocycles. The highest BCUT2D eigenvalue weighted by Crippen LogP contribution is 2.30. The van der Waals surface area contributed by atoms with Crippen molar-refractivity contribution in [2.75, 3.05) is 39.2 Å². The van der Waals surface area contributed by atoms with Crippen LogP contribution >= 0.6 is 0 Å². The monoisotopic (exact) mass is 596 g/mol. The number of aromatic nitrogens is 2. The Labute approximate surface area is 247 Å². The number of ether oxygens (including phenoxy) is 2. The summed E-state index contributed by atoms with van der Waals surface area (Å²) in [6.45, 7) is 3.48. The standard InChI is InChI=1S/C31H34F2N4O6/c1-19(38)34-23-9-6-20(7-10-23)21-12-15-36(16-13-21)14-4-5-27(39)37-29(22-8-11-24(32)25(33)17-22)28(30(40)43-3)26(18-42-2)35-31(37)41/h6-11,17,21H,4-5,12-16,18H2,1-3H3,(H,34,38). The van der Waals surface area contributed by atoms with E-state index in [4.69, 9.17) is 9.47 Å². The lowest BCUT2D eigenvalue weighted by atomic mass is 9.89. The van der Waals surface area contributed by atoms with Crippen molar-refractivity contribution in [2.24, 2.45) is 0 Å². The van der Waals surface area contributed by atoms with Gasteiger partial charge in [0.25, 0.3) is 0 Å². The first-order chi connectivity index (χ1) is 20.6. The van der Waals surface area contributed by atoms with Crippen molar-refractivity contribution in [2.45, 2.75) is 45.1 Å². The number of methoxy groups -OCH3 is 2. The Bertz CT molecular complexity index is 1550. The molecule has 0 aliphatic carbocycles. The van der Waals surface area contributed by atoms with E-state index in [1.165, 1.54) is 25.7 Å². The van der Waals surface area contributed by atoms with Crippen molar-refractivity contribution < 1.29 is 32.6 Å². The maximum absolute atomic E-state index is 14.2. The van der Waals surface area contributed by atoms with Crippen LogP contribution in [0.1, 0.15) is 64.9 Å². The van der Waals surface area contributed by atoms with Crippen LogP contribution in [0.25, 0.3) is 11.3 Å². The fraction of sp³-hybridized carbons (Fsp3) is 0.387. The van der Waals surface area contributed by atoms with Crippen LogP contribution in [-0.4, -0.2) is 66.1 Å². The highest BCUT2D eigenvalue weighted by Gasteiger charge is 2.28. The fourth-order valence-electron chi connectivity index (χ4n) is 5.37. The van der Waals surface area contributed by atoms with Crippen molar-refractivity contribution in [3.8, 4) is 11.3 Å². The highest BCUT2D eigenvalue weighted by molar-refractivity contribution is 5.99. The minimum absolute atomic E-state index is 0.0486. The molecule has 1 aromatic heterocycles. The average Bonchev–Trinajstić information content (AvgIpc) is 2.98. The first-order valence-corrected chi connectivity index (χ1v) is 13.9. The molecular weight excluding hydrogens is 562 g/mol. The highest BCUT2D eigenvalue weighted by atomic mass is 19.2. The van der Waals surface area contributed by atoms with E-state index in [1.807, 2.05) is 24.3 Å². The largest absolute Gasteiger partial charge is 0.465 e. The van der Waals surface area contributed by atoms with Crippen molar-refractivity contribution in [3.63, 3.8) is 0 Å². The topological polar surface area (TPSA) is 120 Å². The van der Waals surface area contributed by atoms with Crippen LogP contribution in [0.2, 0.25) is 0 Å². The van der Waals surface area contributed by atoms with Gasteiger partial charge in [0.15, 0.2) is 11.6 Å². The van der Waals surface area contributed by atoms with Crippen LogP contribution in [0.15, 0.2) is 47.3 Å². The van der Waals surface area contributed by atoms with Gasteiger partial charge in [-0.15, -0.1) is 0 Å². The van der Waals surface area contributed by atoms with Gasteiger partial charge in [-0.3, -0.25) is 9.59 Å². The second-order valence-corrected chi connectivity index (χ2v) is 10.4. The first kappa shape index (κ1) is 31.6. The molecule has 228 valence electrons. The quantitative estimate of drug-likeness (QED) is 0.343. The van der Waals surface area contributed by atoms with Gasteiger partial charge in [-0.05, 0) is 80.7 Å². The Morgan fingerprint density at radius 2 is 1.72 bits per heavy atom. The first-order valence-electron chi connectivity index (χ1n) is 13.9. The van der Waals surface area contributed by atoms with E-state index < -0.39 is 29.2 Å². The molecule has 1 amide bonds. The normalized spacial score (nSPS) is 14.0. The number of esters is 1. The van der Waals surface area contributed by atoms with Gasteiger partial charge in [0, 0.05) is 31.7 Å². The molecule has 0 unspecified atom stereocenters. The summed E-state index contributed by atoms with van der Waals surface area (Å²) in [6.07, 6.45) is 2.24. The van der Waals surface area contributed by atoms with E-state index >= 15 is 0 Å². The zero-order chi connectivity index (χ0) is 31.1. The molecule has 1 fully saturated rings. The lowest BCUT2D eigenvalue weighted by molar-refractivity contribution is -0.114. The molecule has 3 aromatic rings. The number of amides is 1. The van der Waals surface area contributed by atoms with Gasteiger partial charge in [-0.2, -0.15) is 4.98 Å². The molecule has 2 aromatic carbocycles. The van der Waals surface area contributed by atoms with Crippen LogP contribution in [0, 0.1) is 11.6 Å². The molecule has 2 heterocycles. The summed E-state index contributed by atoms with van der Waals surface area (Å²) in [5.74, 6) is -3.62. The van der Waals surface area contributed by atoms with Gasteiger partial charge >= 0.3 is 11.7 Å². The van der Waals surface area contributed by atoms with Gasteiger partial charge in [-0.25, -0.2) is 22.9 Å². The summed E-state index contributed by atoms with van der Waals surface area (Å²) in [4.78, 5) is 56.7. The molecule has 1 saturated heterocycles. The summed E-state index contributed by atoms with van der Waals surface area (Å²) >= 11 is 0. The number of carbonyl (C=O) groups excluding carboxylic acids is 3. The number of halogens is 2. The number of hydrogen-bond donors (Lipinski definition) is 1. The van der Waals surface area contributed by atoms with Crippen LogP contribution in [0.4, 0.5) is 14.5 Å². The van der Waals surface area contributed by atoms with Gasteiger partial charge in [-0.1, -0.05) is 12.1 Å². The number of likely N-dealkylation sites (tertiary alicyclic amines) is 1. The van der Waals surface area contributed by atoms with Gasteiger partial charge in [0.05, 0.1) is 25.1 Å². The molecule has 1 aliphatic rings. The minimum atomic E-state index is -1.21. The lowest BCUT2D eigenvalue weighted by Crippen LogP contribution is -2.36. The second kappa shape index (κ2) is 14.3. The number of piperidine rings is 1. The molecule has 0 radical (unpaired) electrons. The summed E-state index contributed by atoms with van der Waals surface area (Å²) in [5.41, 5.74) is 0.386. The van der Waals surface area contributed by atoms with Crippen molar-refractivity contribution in [1.29, 1.82) is 0 Å². The van der Waals surface area contributed by atoms with Crippen molar-refractivity contribution in [1.82, 2.24) is 14.5 Å². The van der Waals surface area contributed by atoms with E-state index in [9.17, 15) is 28.0 Å². The van der Waals surface area contributed by atoms with Crippen LogP contribution in [-0.2, 0) is 20.9 Å². The Morgan fingerprint density at radius 3 is 2.33 bits per heavy atom. The number of rotatable bonds is 10. The molecule has 10 nitrogen and oxygen atoms in total. The van der Waals surface area contributed by atoms with Crippen molar-refractivity contribution >= 4 is 23.5 Å². The van der Waals surface area contributed by atoms with E-state index in [-0.39, 0.29) is 41.4 Å². The molecule has 1 N–H and O–H groups in total. The second-order valence-electron chi connectivity index (χ2n) is 10.4.